The number of nitrogens with one attached hydrogen (secondary N) is 1. The SMILES string of the molecule is [2H]c1c(-c2cccc(OC(F)F)c2)oc(C)c1C(=O)Nc1nc(CC(C)=O)ns1. The summed E-state index contributed by atoms with van der Waals surface area (Å²) in [5.74, 6) is -0.318. The Morgan fingerprint density at radius 1 is 1.43 bits per heavy atom. The number of alkyl halides is 2. The number of hydrogen-bond donors (Lipinski definition) is 1. The van der Waals surface area contributed by atoms with Crippen molar-refractivity contribution in [3.8, 4) is 17.1 Å². The Morgan fingerprint density at radius 2 is 2.21 bits per heavy atom. The highest BCUT2D eigenvalue weighted by Gasteiger charge is 2.18. The van der Waals surface area contributed by atoms with Gasteiger partial charge < -0.3 is 9.15 Å². The Bertz CT molecular complexity index is 1070. The summed E-state index contributed by atoms with van der Waals surface area (Å²) in [7, 11) is 0. The van der Waals surface area contributed by atoms with Crippen molar-refractivity contribution in [1.82, 2.24) is 9.36 Å². The lowest BCUT2D eigenvalue weighted by Crippen LogP contribution is -2.12. The number of rotatable bonds is 7. The maximum absolute atomic E-state index is 12.6. The van der Waals surface area contributed by atoms with E-state index >= 15 is 0 Å². The van der Waals surface area contributed by atoms with Crippen molar-refractivity contribution < 1.29 is 28.9 Å². The topological polar surface area (TPSA) is 94.3 Å². The highest BCUT2D eigenvalue weighted by Crippen LogP contribution is 2.29. The second kappa shape index (κ2) is 8.26. The molecule has 0 saturated carbocycles. The first-order valence-corrected chi connectivity index (χ1v) is 8.80. The molecule has 3 rings (SSSR count). The van der Waals surface area contributed by atoms with E-state index < -0.39 is 12.5 Å². The van der Waals surface area contributed by atoms with Crippen LogP contribution in [0.1, 0.15) is 30.2 Å². The van der Waals surface area contributed by atoms with E-state index in [4.69, 9.17) is 5.79 Å². The van der Waals surface area contributed by atoms with Crippen molar-refractivity contribution >= 4 is 28.4 Å². The third kappa shape index (κ3) is 4.77. The van der Waals surface area contributed by atoms with Crippen LogP contribution < -0.4 is 10.1 Å². The molecule has 28 heavy (non-hydrogen) atoms. The molecule has 0 aliphatic rings. The van der Waals surface area contributed by atoms with Gasteiger partial charge in [-0.15, -0.1) is 0 Å². The number of benzene rings is 1. The van der Waals surface area contributed by atoms with E-state index in [0.717, 1.165) is 11.5 Å². The number of hydrogen-bond acceptors (Lipinski definition) is 7. The van der Waals surface area contributed by atoms with Gasteiger partial charge in [-0.05, 0) is 32.0 Å². The highest BCUT2D eigenvalue weighted by molar-refractivity contribution is 7.09. The lowest BCUT2D eigenvalue weighted by atomic mass is 10.1. The van der Waals surface area contributed by atoms with Gasteiger partial charge in [-0.1, -0.05) is 12.1 Å². The molecule has 0 aliphatic heterocycles. The van der Waals surface area contributed by atoms with Gasteiger partial charge in [-0.25, -0.2) is 4.98 Å². The Labute approximate surface area is 163 Å². The predicted molar refractivity (Wildman–Crippen MR) is 97.8 cm³/mol. The van der Waals surface area contributed by atoms with Crippen LogP contribution in [0.3, 0.4) is 0 Å². The van der Waals surface area contributed by atoms with Crippen molar-refractivity contribution in [1.29, 1.82) is 0 Å². The standard InChI is InChI=1S/C18H15F2N3O4S/c1-9(24)6-15-21-18(28-23-15)22-16(25)13-8-14(26-10(13)2)11-4-3-5-12(7-11)27-17(19)20/h3-5,7-8,17H,6H2,1-2H3,(H,21,22,23,25)/i8D. The quantitative estimate of drug-likeness (QED) is 0.633. The van der Waals surface area contributed by atoms with E-state index in [1.807, 2.05) is 0 Å². The Morgan fingerprint density at radius 3 is 2.93 bits per heavy atom. The van der Waals surface area contributed by atoms with Crippen LogP contribution in [0.25, 0.3) is 11.3 Å². The van der Waals surface area contributed by atoms with Crippen molar-refractivity contribution in [2.24, 2.45) is 0 Å². The van der Waals surface area contributed by atoms with Gasteiger partial charge in [0.05, 0.1) is 13.4 Å². The Kier molecular flexibility index (Phi) is 5.38. The molecule has 0 unspecified atom stereocenters. The summed E-state index contributed by atoms with van der Waals surface area (Å²) >= 11 is 0.912. The van der Waals surface area contributed by atoms with E-state index in [2.05, 4.69) is 19.4 Å². The number of carbonyl (C=O) groups is 2. The van der Waals surface area contributed by atoms with Crippen LogP contribution >= 0.6 is 11.5 Å². The summed E-state index contributed by atoms with van der Waals surface area (Å²) in [6, 6.07) is 5.46. The molecule has 0 fully saturated rings. The van der Waals surface area contributed by atoms with E-state index in [1.165, 1.54) is 32.0 Å². The van der Waals surface area contributed by atoms with Crippen molar-refractivity contribution in [3.63, 3.8) is 0 Å². The molecule has 0 saturated heterocycles. The zero-order chi connectivity index (χ0) is 21.1. The largest absolute Gasteiger partial charge is 0.461 e. The van der Waals surface area contributed by atoms with Crippen LogP contribution in [0, 0.1) is 6.92 Å². The molecule has 3 aromatic rings. The number of Topliss-reactive ketones (excluding diaryl/α,β-unsaturated/α-hetero) is 1. The number of ketones is 1. The molecule has 2 heterocycles. The summed E-state index contributed by atoms with van der Waals surface area (Å²) in [6.45, 7) is -0.0687. The lowest BCUT2D eigenvalue weighted by molar-refractivity contribution is -0.116. The predicted octanol–water partition coefficient (Wildman–Crippen LogP) is 4.09. The first-order chi connectivity index (χ1) is 13.7. The zero-order valence-electron chi connectivity index (χ0n) is 15.8. The van der Waals surface area contributed by atoms with Gasteiger partial charge in [-0.3, -0.25) is 14.9 Å². The summed E-state index contributed by atoms with van der Waals surface area (Å²) in [5, 5.41) is 2.71. The van der Waals surface area contributed by atoms with E-state index in [0.29, 0.717) is 11.4 Å². The fraction of sp³-hybridized carbons (Fsp3) is 0.222. The number of ether oxygens (including phenoxy) is 1. The first kappa shape index (κ1) is 18.2. The third-order valence-corrected chi connectivity index (χ3v) is 4.16. The van der Waals surface area contributed by atoms with Crippen LogP contribution in [-0.4, -0.2) is 27.7 Å². The average Bonchev–Trinajstić information content (AvgIpc) is 3.17. The van der Waals surface area contributed by atoms with Gasteiger partial charge in [0.1, 0.15) is 23.1 Å². The fourth-order valence-electron chi connectivity index (χ4n) is 2.35. The Balaban J connectivity index is 1.84. The third-order valence-electron chi connectivity index (χ3n) is 3.49. The van der Waals surface area contributed by atoms with Gasteiger partial charge >= 0.3 is 6.61 Å². The van der Waals surface area contributed by atoms with Crippen LogP contribution in [0.2, 0.25) is 0 Å². The molecular formula is C18H15F2N3O4S. The lowest BCUT2D eigenvalue weighted by Gasteiger charge is -2.05. The van der Waals surface area contributed by atoms with Gasteiger partial charge in [0.2, 0.25) is 5.13 Å². The molecule has 1 N–H and O–H groups in total. The fourth-order valence-corrected chi connectivity index (χ4v) is 2.93. The number of furan rings is 1. The monoisotopic (exact) mass is 408 g/mol. The summed E-state index contributed by atoms with van der Waals surface area (Å²) in [6.07, 6.45) is 0.0575. The van der Waals surface area contributed by atoms with E-state index in [9.17, 15) is 18.4 Å². The molecular weight excluding hydrogens is 392 g/mol. The number of nitrogens with zero attached hydrogens (tertiary/aromatic N) is 2. The number of aryl methyl sites for hydroxylation is 1. The van der Waals surface area contributed by atoms with Gasteiger partial charge in [0, 0.05) is 17.1 Å². The van der Waals surface area contributed by atoms with Crippen molar-refractivity contribution in [2.75, 3.05) is 5.32 Å². The first-order valence-electron chi connectivity index (χ1n) is 8.53. The second-order valence-corrected chi connectivity index (χ2v) is 6.49. The summed E-state index contributed by atoms with van der Waals surface area (Å²) in [5.41, 5.74) is 0.290. The van der Waals surface area contributed by atoms with Gasteiger partial charge in [0.25, 0.3) is 5.91 Å². The maximum Gasteiger partial charge on any atom is 0.387 e. The van der Waals surface area contributed by atoms with Gasteiger partial charge in [0.15, 0.2) is 5.82 Å². The molecule has 1 amide bonds. The van der Waals surface area contributed by atoms with Crippen molar-refractivity contribution in [2.45, 2.75) is 26.9 Å². The summed E-state index contributed by atoms with van der Waals surface area (Å²) in [4.78, 5) is 27.8. The molecule has 0 bridgehead atoms. The molecule has 0 atom stereocenters. The number of anilines is 1. The molecule has 10 heteroatoms. The van der Waals surface area contributed by atoms with Crippen molar-refractivity contribution in [3.05, 3.63) is 47.5 Å². The molecule has 2 aromatic heterocycles. The van der Waals surface area contributed by atoms with Crippen LogP contribution in [0.4, 0.5) is 13.9 Å². The molecule has 1 aromatic carbocycles. The average molecular weight is 408 g/mol. The van der Waals surface area contributed by atoms with Crippen LogP contribution in [0.15, 0.2) is 34.7 Å². The molecule has 0 spiro atoms. The second-order valence-electron chi connectivity index (χ2n) is 5.74. The molecule has 0 radical (unpaired) electrons. The van der Waals surface area contributed by atoms with E-state index in [1.54, 1.807) is 6.07 Å². The highest BCUT2D eigenvalue weighted by atomic mass is 32.1. The van der Waals surface area contributed by atoms with Crippen LogP contribution in [0.5, 0.6) is 5.75 Å². The molecule has 146 valence electrons. The molecule has 7 nitrogen and oxygen atoms in total. The minimum Gasteiger partial charge on any atom is -0.461 e. The number of amides is 1. The maximum atomic E-state index is 12.6. The van der Waals surface area contributed by atoms with E-state index in [-0.39, 0.29) is 46.2 Å². The van der Waals surface area contributed by atoms with Gasteiger partial charge in [-0.2, -0.15) is 13.2 Å². The van der Waals surface area contributed by atoms with Crippen LogP contribution in [-0.2, 0) is 11.2 Å². The number of aromatic nitrogens is 2. The summed E-state index contributed by atoms with van der Waals surface area (Å²) < 4.78 is 47.0. The smallest absolute Gasteiger partial charge is 0.387 e. The zero-order valence-corrected chi connectivity index (χ0v) is 15.6. The minimum atomic E-state index is -2.99. The molecule has 0 aliphatic carbocycles. The normalized spacial score (nSPS) is 11.4. The Hall–Kier alpha value is -3.14. The minimum absolute atomic E-state index is 0.0245. The number of halogens is 2. The number of carbonyl (C=O) groups excluding carboxylic acids is 2.